The van der Waals surface area contributed by atoms with Crippen molar-refractivity contribution in [2.24, 2.45) is 0 Å². The normalized spacial score (nSPS) is 18.3. The van der Waals surface area contributed by atoms with Gasteiger partial charge >= 0.3 is 5.69 Å². The fourth-order valence-electron chi connectivity index (χ4n) is 5.64. The van der Waals surface area contributed by atoms with Crippen LogP contribution in [0.5, 0.6) is 0 Å². The monoisotopic (exact) mass is 534 g/mol. The second kappa shape index (κ2) is 10.8. The molecule has 2 aliphatic rings. The summed E-state index contributed by atoms with van der Waals surface area (Å²) in [6, 6.07) is 9.79. The number of amides is 1. The van der Waals surface area contributed by atoms with Gasteiger partial charge in [0.1, 0.15) is 11.6 Å². The number of aromatic nitrogens is 3. The first-order chi connectivity index (χ1) is 18.3. The van der Waals surface area contributed by atoms with E-state index >= 15 is 0 Å². The summed E-state index contributed by atoms with van der Waals surface area (Å²) in [5, 5.41) is 1.28. The van der Waals surface area contributed by atoms with Crippen LogP contribution in [0.1, 0.15) is 51.5 Å². The molecule has 9 heteroatoms. The van der Waals surface area contributed by atoms with E-state index in [0.717, 1.165) is 42.6 Å². The predicted octanol–water partition coefficient (Wildman–Crippen LogP) is 4.77. The summed E-state index contributed by atoms with van der Waals surface area (Å²) in [5.41, 5.74) is 2.00. The first-order valence-electron chi connectivity index (χ1n) is 13.5. The van der Waals surface area contributed by atoms with Gasteiger partial charge in [-0.25, -0.2) is 14.3 Å². The van der Waals surface area contributed by atoms with Crippen LogP contribution in [0, 0.1) is 0 Å². The maximum atomic E-state index is 13.8. The second-order valence-corrected chi connectivity index (χ2v) is 10.9. The first-order valence-corrected chi connectivity index (χ1v) is 13.8. The van der Waals surface area contributed by atoms with Gasteiger partial charge in [0.25, 0.3) is 0 Å². The van der Waals surface area contributed by atoms with Crippen LogP contribution in [-0.4, -0.2) is 64.1 Å². The summed E-state index contributed by atoms with van der Waals surface area (Å²) >= 11 is 6.89. The Kier molecular flexibility index (Phi) is 7.43. The molecule has 0 N–H and O–H groups in total. The summed E-state index contributed by atoms with van der Waals surface area (Å²) in [6.45, 7) is 13.2. The molecular formula is C29H35ClN6O2. The number of halogens is 1. The zero-order valence-electron chi connectivity index (χ0n) is 22.4. The van der Waals surface area contributed by atoms with Crippen molar-refractivity contribution in [3.8, 4) is 5.69 Å². The van der Waals surface area contributed by atoms with Gasteiger partial charge in [0.2, 0.25) is 5.91 Å². The lowest BCUT2D eigenvalue weighted by Gasteiger charge is -2.40. The Hall–Kier alpha value is -3.39. The number of hydrogen-bond acceptors (Lipinski definition) is 6. The third-order valence-corrected chi connectivity index (χ3v) is 7.90. The first kappa shape index (κ1) is 26.2. The molecule has 1 amide bonds. The number of rotatable bonds is 5. The number of piperazine rings is 1. The van der Waals surface area contributed by atoms with Crippen LogP contribution in [0.25, 0.3) is 16.7 Å². The van der Waals surface area contributed by atoms with E-state index in [2.05, 4.69) is 35.2 Å². The molecule has 0 aliphatic carbocycles. The van der Waals surface area contributed by atoms with Crippen LogP contribution in [0.3, 0.4) is 0 Å². The van der Waals surface area contributed by atoms with Crippen molar-refractivity contribution in [1.82, 2.24) is 19.4 Å². The average Bonchev–Trinajstić information content (AvgIpc) is 2.92. The van der Waals surface area contributed by atoms with Gasteiger partial charge in [0.15, 0.2) is 5.65 Å². The summed E-state index contributed by atoms with van der Waals surface area (Å²) in [5.74, 6) is 1.38. The van der Waals surface area contributed by atoms with Gasteiger partial charge in [-0.2, -0.15) is 4.98 Å². The lowest BCUT2D eigenvalue weighted by Crippen LogP contribution is -2.54. The van der Waals surface area contributed by atoms with Crippen molar-refractivity contribution < 1.29 is 4.79 Å². The maximum absolute atomic E-state index is 13.8. The summed E-state index contributed by atoms with van der Waals surface area (Å²) < 4.78 is 1.64. The number of benzene rings is 1. The number of fused-ring (bicyclic) bond motifs is 1. The van der Waals surface area contributed by atoms with Gasteiger partial charge in [-0.1, -0.05) is 50.2 Å². The fourth-order valence-corrected chi connectivity index (χ4v) is 5.91. The van der Waals surface area contributed by atoms with E-state index in [4.69, 9.17) is 16.6 Å². The van der Waals surface area contributed by atoms with Gasteiger partial charge in [-0.3, -0.25) is 4.79 Å². The van der Waals surface area contributed by atoms with Crippen molar-refractivity contribution in [2.75, 3.05) is 42.5 Å². The Morgan fingerprint density at radius 2 is 1.82 bits per heavy atom. The third kappa shape index (κ3) is 4.77. The van der Waals surface area contributed by atoms with Crippen molar-refractivity contribution >= 4 is 40.2 Å². The quantitative estimate of drug-likeness (QED) is 0.439. The number of pyridine rings is 1. The number of piperidine rings is 1. The molecule has 4 heterocycles. The number of nitrogens with zero attached hydrogens (tertiary/aromatic N) is 6. The predicted molar refractivity (Wildman–Crippen MR) is 154 cm³/mol. The van der Waals surface area contributed by atoms with E-state index in [1.54, 1.807) is 9.47 Å². The zero-order valence-corrected chi connectivity index (χ0v) is 23.1. The molecule has 0 saturated carbocycles. The van der Waals surface area contributed by atoms with Crippen LogP contribution in [0.2, 0.25) is 5.02 Å². The molecule has 200 valence electrons. The summed E-state index contributed by atoms with van der Waals surface area (Å²) in [4.78, 5) is 41.9. The van der Waals surface area contributed by atoms with E-state index < -0.39 is 0 Å². The molecule has 0 spiro atoms. The fraction of sp³-hybridized carbons (Fsp3) is 0.448. The minimum atomic E-state index is -0.378. The Morgan fingerprint density at radius 3 is 2.50 bits per heavy atom. The molecule has 2 saturated heterocycles. The number of anilines is 2. The molecule has 2 fully saturated rings. The topological polar surface area (TPSA) is 74.6 Å². The molecular weight excluding hydrogens is 500 g/mol. The molecule has 38 heavy (non-hydrogen) atoms. The molecule has 1 unspecified atom stereocenters. The smallest absolute Gasteiger partial charge is 0.355 e. The van der Waals surface area contributed by atoms with Crippen LogP contribution in [0.15, 0.2) is 47.8 Å². The number of carbonyl (C=O) groups is 1. The molecule has 3 aromatic rings. The van der Waals surface area contributed by atoms with Gasteiger partial charge in [-0.05, 0) is 55.9 Å². The molecule has 2 aliphatic heterocycles. The highest BCUT2D eigenvalue weighted by Crippen LogP contribution is 2.35. The molecule has 8 nitrogen and oxygen atoms in total. The minimum absolute atomic E-state index is 0.0536. The van der Waals surface area contributed by atoms with Gasteiger partial charge in [-0.15, -0.1) is 0 Å². The minimum Gasteiger partial charge on any atom is -0.355 e. The van der Waals surface area contributed by atoms with E-state index in [1.165, 1.54) is 12.5 Å². The van der Waals surface area contributed by atoms with Gasteiger partial charge in [0, 0.05) is 38.8 Å². The van der Waals surface area contributed by atoms with E-state index in [0.29, 0.717) is 41.9 Å². The highest BCUT2D eigenvalue weighted by molar-refractivity contribution is 6.33. The molecule has 1 aromatic carbocycles. The number of carbonyl (C=O) groups excluding carboxylic acids is 1. The number of hydrogen-bond donors (Lipinski definition) is 0. The third-order valence-electron chi connectivity index (χ3n) is 7.62. The van der Waals surface area contributed by atoms with E-state index in [-0.39, 0.29) is 23.6 Å². The van der Waals surface area contributed by atoms with Crippen LogP contribution in [-0.2, 0) is 4.79 Å². The summed E-state index contributed by atoms with van der Waals surface area (Å²) in [7, 11) is 0. The maximum Gasteiger partial charge on any atom is 0.355 e. The highest BCUT2D eigenvalue weighted by atomic mass is 35.5. The lowest BCUT2D eigenvalue weighted by atomic mass is 10.0. The Balaban J connectivity index is 1.72. The van der Waals surface area contributed by atoms with Crippen molar-refractivity contribution in [2.45, 2.75) is 52.0 Å². The highest BCUT2D eigenvalue weighted by Gasteiger charge is 2.30. The zero-order chi connectivity index (χ0) is 27.0. The summed E-state index contributed by atoms with van der Waals surface area (Å²) in [6.07, 6.45) is 4.72. The second-order valence-electron chi connectivity index (χ2n) is 10.5. The van der Waals surface area contributed by atoms with Crippen LogP contribution < -0.4 is 15.5 Å². The standard InChI is InChI=1S/C29H35ClN6O2/c1-5-25(37)34-15-16-35(20(4)18-34)26-22-17-23(30)28(33-13-9-6-10-14-33)31-27(22)36(29(38)32-26)24-12-8-7-11-21(24)19(2)3/h5,7-8,11-12,17,19-20H,1,6,9-10,13-16,18H2,2-4H3. The SMILES string of the molecule is C=CC(=O)N1CCN(c2nc(=O)n(-c3ccccc3C(C)C)c3nc(N4CCCCC4)c(Cl)cc23)C(C)C1. The average molecular weight is 535 g/mol. The van der Waals surface area contributed by atoms with E-state index in [1.807, 2.05) is 37.3 Å². The van der Waals surface area contributed by atoms with Gasteiger partial charge < -0.3 is 14.7 Å². The van der Waals surface area contributed by atoms with Crippen LogP contribution >= 0.6 is 11.6 Å². The van der Waals surface area contributed by atoms with Crippen molar-refractivity contribution in [1.29, 1.82) is 0 Å². The molecule has 1 atom stereocenters. The number of para-hydroxylation sites is 1. The van der Waals surface area contributed by atoms with Crippen molar-refractivity contribution in [3.05, 3.63) is 64.1 Å². The molecule has 0 bridgehead atoms. The Morgan fingerprint density at radius 1 is 1.08 bits per heavy atom. The van der Waals surface area contributed by atoms with E-state index in [9.17, 15) is 9.59 Å². The molecule has 0 radical (unpaired) electrons. The largest absolute Gasteiger partial charge is 0.355 e. The van der Waals surface area contributed by atoms with Crippen molar-refractivity contribution in [3.63, 3.8) is 0 Å². The molecule has 5 rings (SSSR count). The van der Waals surface area contributed by atoms with Gasteiger partial charge in [0.05, 0.1) is 16.1 Å². The molecule has 2 aromatic heterocycles. The Labute approximate surface area is 228 Å². The Bertz CT molecular complexity index is 1430. The van der Waals surface area contributed by atoms with Crippen LogP contribution in [0.4, 0.5) is 11.6 Å². The lowest BCUT2D eigenvalue weighted by molar-refractivity contribution is -0.126.